The van der Waals surface area contributed by atoms with Gasteiger partial charge in [-0.3, -0.25) is 4.79 Å². The first-order valence-corrected chi connectivity index (χ1v) is 14.6. The van der Waals surface area contributed by atoms with Crippen molar-refractivity contribution in [1.82, 2.24) is 24.6 Å². The van der Waals surface area contributed by atoms with Gasteiger partial charge in [-0.15, -0.1) is 0 Å². The zero-order valence-electron chi connectivity index (χ0n) is 23.2. The van der Waals surface area contributed by atoms with Gasteiger partial charge in [-0.2, -0.15) is 0 Å². The van der Waals surface area contributed by atoms with Crippen LogP contribution in [-0.2, 0) is 19.6 Å². The highest BCUT2D eigenvalue weighted by Crippen LogP contribution is 2.24. The molecule has 0 aliphatic carbocycles. The van der Waals surface area contributed by atoms with Gasteiger partial charge in [-0.25, -0.2) is 27.9 Å². The number of carbonyl (C=O) groups is 2. The molecular formula is C28H37N5O6S. The molecule has 0 spiro atoms. The highest BCUT2D eigenvalue weighted by atomic mass is 32.2. The molecule has 0 saturated carbocycles. The first kappa shape index (κ1) is 30.8. The van der Waals surface area contributed by atoms with Crippen LogP contribution in [0.25, 0.3) is 5.69 Å². The molecule has 11 nitrogen and oxygen atoms in total. The molecule has 2 heterocycles. The molecule has 0 saturated heterocycles. The molecule has 3 aromatic rings. The van der Waals surface area contributed by atoms with Crippen LogP contribution in [0.2, 0.25) is 0 Å². The lowest BCUT2D eigenvalue weighted by molar-refractivity contribution is -0.120. The van der Waals surface area contributed by atoms with Crippen LogP contribution in [0.3, 0.4) is 0 Å². The van der Waals surface area contributed by atoms with Crippen LogP contribution in [0.5, 0.6) is 5.75 Å². The molecule has 1 aromatic carbocycles. The third-order valence-corrected chi connectivity index (χ3v) is 7.45. The molecular weight excluding hydrogens is 534 g/mol. The lowest BCUT2D eigenvalue weighted by Gasteiger charge is -2.30. The molecule has 0 fully saturated rings. The zero-order chi connectivity index (χ0) is 29.2. The van der Waals surface area contributed by atoms with Crippen molar-refractivity contribution in [2.75, 3.05) is 13.2 Å². The highest BCUT2D eigenvalue weighted by molar-refractivity contribution is 7.89. The molecule has 40 heavy (non-hydrogen) atoms. The number of ether oxygens (including phenoxy) is 2. The summed E-state index contributed by atoms with van der Waals surface area (Å²) in [4.78, 5) is 33.7. The topological polar surface area (TPSA) is 142 Å². The Bertz CT molecular complexity index is 1320. The summed E-state index contributed by atoms with van der Waals surface area (Å²) < 4.78 is 40.7. The van der Waals surface area contributed by atoms with Crippen LogP contribution in [0, 0.1) is 5.41 Å². The van der Waals surface area contributed by atoms with Crippen LogP contribution in [0.15, 0.2) is 72.4 Å². The zero-order valence-corrected chi connectivity index (χ0v) is 24.1. The number of imidazole rings is 1. The van der Waals surface area contributed by atoms with E-state index in [1.54, 1.807) is 18.6 Å². The summed E-state index contributed by atoms with van der Waals surface area (Å²) in [5.41, 5.74) is 0.466. The molecule has 2 N–H and O–H groups in total. The second kappa shape index (κ2) is 14.0. The number of nitrogens with zero attached hydrogens (tertiary/aromatic N) is 3. The lowest BCUT2D eigenvalue weighted by Crippen LogP contribution is -2.48. The number of amides is 1. The summed E-state index contributed by atoms with van der Waals surface area (Å²) in [5.74, 6) is 0.129. The molecule has 0 bridgehead atoms. The van der Waals surface area contributed by atoms with E-state index in [4.69, 9.17) is 9.47 Å². The van der Waals surface area contributed by atoms with Crippen molar-refractivity contribution in [3.8, 4) is 11.4 Å². The van der Waals surface area contributed by atoms with Gasteiger partial charge in [0.15, 0.2) is 10.8 Å². The molecule has 2 aromatic heterocycles. The largest absolute Gasteiger partial charge is 0.490 e. The van der Waals surface area contributed by atoms with Crippen LogP contribution in [0.4, 0.5) is 4.79 Å². The SMILES string of the molecule is CCCC[C@H](NC(=O)O[C@H](COc1ccc(-n2ccnc2)cc1)C(C)(C)C)C(=O)CNS(=O)(=O)c1ccccn1. The Labute approximate surface area is 235 Å². The fourth-order valence-electron chi connectivity index (χ4n) is 3.66. The van der Waals surface area contributed by atoms with E-state index in [-0.39, 0.29) is 11.6 Å². The van der Waals surface area contributed by atoms with Gasteiger partial charge < -0.3 is 19.4 Å². The fraction of sp³-hybridized carbons (Fsp3) is 0.429. The third-order valence-electron chi connectivity index (χ3n) is 6.13. The molecule has 0 unspecified atom stereocenters. The van der Waals surface area contributed by atoms with E-state index in [0.29, 0.717) is 18.6 Å². The summed E-state index contributed by atoms with van der Waals surface area (Å²) in [6.45, 7) is 7.32. The number of sulfonamides is 1. The van der Waals surface area contributed by atoms with Gasteiger partial charge in [0.1, 0.15) is 18.5 Å². The first-order valence-electron chi connectivity index (χ1n) is 13.1. The number of aromatic nitrogens is 3. The van der Waals surface area contributed by atoms with Gasteiger partial charge in [0, 0.05) is 29.7 Å². The number of nitrogens with one attached hydrogen (secondary N) is 2. The maximum absolute atomic E-state index is 12.9. The fourth-order valence-corrected chi connectivity index (χ4v) is 4.59. The predicted octanol–water partition coefficient (Wildman–Crippen LogP) is 3.89. The predicted molar refractivity (Wildman–Crippen MR) is 150 cm³/mol. The number of pyridine rings is 1. The standard InChI is InChI=1S/C28H37N5O6S/c1-5-6-9-23(24(34)18-31-40(36,37)26-10-7-8-15-30-26)32-27(35)39-25(28(2,3)4)19-38-22-13-11-21(12-14-22)33-17-16-29-20-33/h7-8,10-17,20,23,25,31H,5-6,9,18-19H2,1-4H3,(H,32,35)/t23-,25+/m0/s1. The molecule has 3 rings (SSSR count). The number of ketones is 1. The number of alkyl carbamates (subject to hydrolysis) is 1. The molecule has 1 amide bonds. The van der Waals surface area contributed by atoms with Crippen molar-refractivity contribution in [2.24, 2.45) is 5.41 Å². The second-order valence-electron chi connectivity index (χ2n) is 10.3. The normalized spacial score (nSPS) is 13.3. The van der Waals surface area contributed by atoms with Crippen molar-refractivity contribution in [3.05, 3.63) is 67.4 Å². The number of rotatable bonds is 14. The van der Waals surface area contributed by atoms with Gasteiger partial charge >= 0.3 is 6.09 Å². The van der Waals surface area contributed by atoms with Crippen molar-refractivity contribution < 1.29 is 27.5 Å². The van der Waals surface area contributed by atoms with Crippen LogP contribution in [0.1, 0.15) is 47.0 Å². The molecule has 0 aliphatic rings. The summed E-state index contributed by atoms with van der Waals surface area (Å²) in [6, 6.07) is 11.0. The number of benzene rings is 1. The van der Waals surface area contributed by atoms with E-state index in [0.717, 1.165) is 12.1 Å². The van der Waals surface area contributed by atoms with Gasteiger partial charge in [-0.05, 0) is 42.8 Å². The van der Waals surface area contributed by atoms with Crippen molar-refractivity contribution in [2.45, 2.75) is 64.1 Å². The summed E-state index contributed by atoms with van der Waals surface area (Å²) >= 11 is 0. The van der Waals surface area contributed by atoms with E-state index in [9.17, 15) is 18.0 Å². The van der Waals surface area contributed by atoms with Crippen LogP contribution in [-0.4, -0.2) is 60.1 Å². The minimum absolute atomic E-state index is 0.0960. The Hall–Kier alpha value is -3.77. The van der Waals surface area contributed by atoms with Gasteiger partial charge in [0.05, 0.1) is 18.9 Å². The highest BCUT2D eigenvalue weighted by Gasteiger charge is 2.31. The molecule has 0 radical (unpaired) electrons. The first-order chi connectivity index (χ1) is 19.0. The number of Topliss-reactive ketones (excluding diaryl/α,β-unsaturated/α-hetero) is 1. The maximum atomic E-state index is 12.9. The average molecular weight is 572 g/mol. The van der Waals surface area contributed by atoms with Gasteiger partial charge in [0.25, 0.3) is 10.0 Å². The summed E-state index contributed by atoms with van der Waals surface area (Å²) in [7, 11) is -3.97. The average Bonchev–Trinajstić information content (AvgIpc) is 3.47. The van der Waals surface area contributed by atoms with E-state index in [1.165, 1.54) is 18.3 Å². The minimum Gasteiger partial charge on any atom is -0.490 e. The van der Waals surface area contributed by atoms with Gasteiger partial charge in [-0.1, -0.05) is 46.6 Å². The number of unbranched alkanes of at least 4 members (excludes halogenated alkanes) is 1. The summed E-state index contributed by atoms with van der Waals surface area (Å²) in [5, 5.41) is 2.44. The van der Waals surface area contributed by atoms with E-state index in [2.05, 4.69) is 20.0 Å². The molecule has 216 valence electrons. The van der Waals surface area contributed by atoms with E-state index < -0.39 is 46.0 Å². The quantitative estimate of drug-likeness (QED) is 0.297. The smallest absolute Gasteiger partial charge is 0.408 e. The Morgan fingerprint density at radius 2 is 1.82 bits per heavy atom. The molecule has 12 heteroatoms. The Balaban J connectivity index is 1.59. The Morgan fingerprint density at radius 3 is 2.42 bits per heavy atom. The van der Waals surface area contributed by atoms with Crippen molar-refractivity contribution in [1.29, 1.82) is 0 Å². The van der Waals surface area contributed by atoms with Crippen molar-refractivity contribution >= 4 is 21.9 Å². The van der Waals surface area contributed by atoms with E-state index in [1.807, 2.05) is 62.7 Å². The number of hydrogen-bond acceptors (Lipinski definition) is 8. The number of hydrogen-bond donors (Lipinski definition) is 2. The third kappa shape index (κ3) is 9.16. The Morgan fingerprint density at radius 1 is 1.07 bits per heavy atom. The van der Waals surface area contributed by atoms with E-state index >= 15 is 0 Å². The van der Waals surface area contributed by atoms with Crippen LogP contribution >= 0.6 is 0 Å². The molecule has 2 atom stereocenters. The summed E-state index contributed by atoms with van der Waals surface area (Å²) in [6.07, 6.45) is 6.97. The lowest BCUT2D eigenvalue weighted by atomic mass is 9.89. The maximum Gasteiger partial charge on any atom is 0.408 e. The monoisotopic (exact) mass is 571 g/mol. The van der Waals surface area contributed by atoms with Gasteiger partial charge in [0.2, 0.25) is 0 Å². The number of carbonyl (C=O) groups excluding carboxylic acids is 2. The Kier molecular flexibility index (Phi) is 10.8. The molecule has 0 aliphatic heterocycles. The van der Waals surface area contributed by atoms with Crippen molar-refractivity contribution in [3.63, 3.8) is 0 Å². The van der Waals surface area contributed by atoms with Crippen LogP contribution < -0.4 is 14.8 Å². The second-order valence-corrected chi connectivity index (χ2v) is 12.0. The minimum atomic E-state index is -3.97.